The van der Waals surface area contributed by atoms with E-state index in [1.807, 2.05) is 0 Å². The van der Waals surface area contributed by atoms with Gasteiger partial charge in [0.1, 0.15) is 0 Å². The van der Waals surface area contributed by atoms with Crippen LogP contribution in [0.2, 0.25) is 0 Å². The van der Waals surface area contributed by atoms with E-state index in [0.717, 1.165) is 25.3 Å². The summed E-state index contributed by atoms with van der Waals surface area (Å²) in [5.74, 6) is 1.16. The lowest BCUT2D eigenvalue weighted by molar-refractivity contribution is 0.0859. The highest BCUT2D eigenvalue weighted by Gasteiger charge is 2.31. The molecule has 0 bridgehead atoms. The first-order valence-electron chi connectivity index (χ1n) is 6.23. The molecule has 15 heavy (non-hydrogen) atoms. The number of hydrogen-bond donors (Lipinski definition) is 2. The van der Waals surface area contributed by atoms with Crippen LogP contribution in [-0.2, 0) is 0 Å². The van der Waals surface area contributed by atoms with E-state index in [9.17, 15) is 5.11 Å². The second-order valence-corrected chi connectivity index (χ2v) is 5.00. The van der Waals surface area contributed by atoms with Crippen molar-refractivity contribution in [1.82, 2.24) is 5.32 Å². The third-order valence-corrected chi connectivity index (χ3v) is 3.79. The van der Waals surface area contributed by atoms with Gasteiger partial charge >= 0.3 is 0 Å². The van der Waals surface area contributed by atoms with Crippen LogP contribution in [0, 0.1) is 5.41 Å². The van der Waals surface area contributed by atoms with E-state index in [1.54, 1.807) is 0 Å². The van der Waals surface area contributed by atoms with Gasteiger partial charge in [0.25, 0.3) is 0 Å². The van der Waals surface area contributed by atoms with Gasteiger partial charge in [-0.3, -0.25) is 4.99 Å². The Hall–Kier alpha value is -0.570. The summed E-state index contributed by atoms with van der Waals surface area (Å²) in [5, 5.41) is 13.0. The second-order valence-electron chi connectivity index (χ2n) is 5.00. The van der Waals surface area contributed by atoms with Gasteiger partial charge in [-0.2, -0.15) is 0 Å². The number of rotatable bonds is 3. The predicted octanol–water partition coefficient (Wildman–Crippen LogP) is 1.71. The van der Waals surface area contributed by atoms with E-state index in [-0.39, 0.29) is 5.41 Å². The zero-order chi connectivity index (χ0) is 10.6. The highest BCUT2D eigenvalue weighted by molar-refractivity contribution is 5.83. The SMILES string of the molecule is OCC1(CNC2=NCCC2)CCCCC1. The number of hydrogen-bond acceptors (Lipinski definition) is 3. The van der Waals surface area contributed by atoms with Gasteiger partial charge in [-0.15, -0.1) is 0 Å². The Bertz CT molecular complexity index is 232. The quantitative estimate of drug-likeness (QED) is 0.745. The minimum atomic E-state index is 0.142. The molecule has 0 atom stereocenters. The van der Waals surface area contributed by atoms with Crippen LogP contribution in [-0.4, -0.2) is 30.6 Å². The van der Waals surface area contributed by atoms with Crippen molar-refractivity contribution in [3.63, 3.8) is 0 Å². The Morgan fingerprint density at radius 3 is 2.60 bits per heavy atom. The Balaban J connectivity index is 1.83. The average Bonchev–Trinajstić information content (AvgIpc) is 2.81. The lowest BCUT2D eigenvalue weighted by Gasteiger charge is -2.36. The number of aliphatic hydroxyl groups is 1. The molecule has 2 N–H and O–H groups in total. The Morgan fingerprint density at radius 2 is 2.00 bits per heavy atom. The van der Waals surface area contributed by atoms with Gasteiger partial charge in [-0.05, 0) is 19.3 Å². The molecule has 2 rings (SSSR count). The summed E-state index contributed by atoms with van der Waals surface area (Å²) in [6.45, 7) is 2.23. The molecule has 1 saturated carbocycles. The molecule has 0 aromatic rings. The van der Waals surface area contributed by atoms with Gasteiger partial charge < -0.3 is 10.4 Å². The van der Waals surface area contributed by atoms with Crippen LogP contribution in [0.3, 0.4) is 0 Å². The first-order valence-corrected chi connectivity index (χ1v) is 6.23. The standard InChI is InChI=1S/C12H22N2O/c15-10-12(6-2-1-3-7-12)9-14-11-5-4-8-13-11/h15H,1-10H2,(H,13,14). The third-order valence-electron chi connectivity index (χ3n) is 3.79. The zero-order valence-corrected chi connectivity index (χ0v) is 9.47. The van der Waals surface area contributed by atoms with Gasteiger partial charge in [0, 0.05) is 24.9 Å². The van der Waals surface area contributed by atoms with Crippen LogP contribution < -0.4 is 5.32 Å². The van der Waals surface area contributed by atoms with Crippen molar-refractivity contribution in [2.75, 3.05) is 19.7 Å². The fourth-order valence-corrected chi connectivity index (χ4v) is 2.67. The molecule has 0 unspecified atom stereocenters. The number of aliphatic hydroxyl groups excluding tert-OH is 1. The number of nitrogens with one attached hydrogen (secondary N) is 1. The van der Waals surface area contributed by atoms with E-state index >= 15 is 0 Å². The third kappa shape index (κ3) is 2.71. The summed E-state index contributed by atoms with van der Waals surface area (Å²) < 4.78 is 0. The van der Waals surface area contributed by atoms with Gasteiger partial charge in [0.2, 0.25) is 0 Å². The molecule has 1 heterocycles. The Labute approximate surface area is 92.0 Å². The largest absolute Gasteiger partial charge is 0.396 e. The summed E-state index contributed by atoms with van der Waals surface area (Å²) in [4.78, 5) is 4.41. The Morgan fingerprint density at radius 1 is 1.20 bits per heavy atom. The van der Waals surface area contributed by atoms with Crippen LogP contribution in [0.1, 0.15) is 44.9 Å². The van der Waals surface area contributed by atoms with E-state index in [0.29, 0.717) is 6.61 Å². The molecule has 1 aliphatic heterocycles. The molecule has 1 fully saturated rings. The molecule has 2 aliphatic rings. The van der Waals surface area contributed by atoms with Crippen LogP contribution >= 0.6 is 0 Å². The zero-order valence-electron chi connectivity index (χ0n) is 9.47. The lowest BCUT2D eigenvalue weighted by atomic mass is 9.74. The molecule has 3 nitrogen and oxygen atoms in total. The maximum Gasteiger partial charge on any atom is 0.0963 e. The molecule has 0 spiro atoms. The molecule has 0 aromatic heterocycles. The summed E-state index contributed by atoms with van der Waals surface area (Å²) >= 11 is 0. The predicted molar refractivity (Wildman–Crippen MR) is 62.1 cm³/mol. The number of nitrogens with zero attached hydrogens (tertiary/aromatic N) is 1. The minimum Gasteiger partial charge on any atom is -0.396 e. The summed E-state index contributed by atoms with van der Waals surface area (Å²) in [5.41, 5.74) is 0.142. The summed E-state index contributed by atoms with van der Waals surface area (Å²) in [7, 11) is 0. The molecule has 86 valence electrons. The number of aliphatic imine (C=N–C) groups is 1. The lowest BCUT2D eigenvalue weighted by Crippen LogP contribution is -2.41. The number of amidine groups is 1. The van der Waals surface area contributed by atoms with Crippen LogP contribution in [0.25, 0.3) is 0 Å². The molecule has 0 aromatic carbocycles. The highest BCUT2D eigenvalue weighted by atomic mass is 16.3. The van der Waals surface area contributed by atoms with Crippen molar-refractivity contribution in [3.8, 4) is 0 Å². The van der Waals surface area contributed by atoms with Gasteiger partial charge in [-0.25, -0.2) is 0 Å². The van der Waals surface area contributed by atoms with Crippen molar-refractivity contribution < 1.29 is 5.11 Å². The molecular weight excluding hydrogens is 188 g/mol. The first kappa shape index (κ1) is 10.9. The van der Waals surface area contributed by atoms with E-state index in [1.165, 1.54) is 38.5 Å². The molecular formula is C12H22N2O. The highest BCUT2D eigenvalue weighted by Crippen LogP contribution is 2.35. The van der Waals surface area contributed by atoms with Crippen molar-refractivity contribution in [2.45, 2.75) is 44.9 Å². The smallest absolute Gasteiger partial charge is 0.0963 e. The molecule has 0 saturated heterocycles. The van der Waals surface area contributed by atoms with Crippen molar-refractivity contribution >= 4 is 5.84 Å². The first-order chi connectivity index (χ1) is 7.35. The fraction of sp³-hybridized carbons (Fsp3) is 0.917. The van der Waals surface area contributed by atoms with Crippen LogP contribution in [0.15, 0.2) is 4.99 Å². The topological polar surface area (TPSA) is 44.6 Å². The van der Waals surface area contributed by atoms with Gasteiger partial charge in [0.05, 0.1) is 12.4 Å². The van der Waals surface area contributed by atoms with Crippen LogP contribution in [0.5, 0.6) is 0 Å². The molecule has 0 amide bonds. The fourth-order valence-electron chi connectivity index (χ4n) is 2.67. The van der Waals surface area contributed by atoms with Crippen molar-refractivity contribution in [2.24, 2.45) is 10.4 Å². The monoisotopic (exact) mass is 210 g/mol. The van der Waals surface area contributed by atoms with Crippen LogP contribution in [0.4, 0.5) is 0 Å². The van der Waals surface area contributed by atoms with Gasteiger partial charge in [-0.1, -0.05) is 19.3 Å². The summed E-state index contributed by atoms with van der Waals surface area (Å²) in [6, 6.07) is 0. The second kappa shape index (κ2) is 4.97. The Kier molecular flexibility index (Phi) is 3.62. The maximum absolute atomic E-state index is 9.54. The van der Waals surface area contributed by atoms with E-state index in [4.69, 9.17) is 0 Å². The molecule has 1 aliphatic carbocycles. The summed E-state index contributed by atoms with van der Waals surface area (Å²) in [6.07, 6.45) is 8.51. The molecule has 3 heteroatoms. The van der Waals surface area contributed by atoms with E-state index in [2.05, 4.69) is 10.3 Å². The normalized spacial score (nSPS) is 25.0. The maximum atomic E-state index is 9.54. The van der Waals surface area contributed by atoms with Crippen molar-refractivity contribution in [3.05, 3.63) is 0 Å². The molecule has 0 radical (unpaired) electrons. The minimum absolute atomic E-state index is 0.142. The van der Waals surface area contributed by atoms with Gasteiger partial charge in [0.15, 0.2) is 0 Å². The van der Waals surface area contributed by atoms with E-state index < -0.39 is 0 Å². The van der Waals surface area contributed by atoms with Crippen molar-refractivity contribution in [1.29, 1.82) is 0 Å². The average molecular weight is 210 g/mol.